The van der Waals surface area contributed by atoms with Crippen LogP contribution in [0.3, 0.4) is 0 Å². The van der Waals surface area contributed by atoms with Gasteiger partial charge in [-0.05, 0) is 25.5 Å². The Balaban J connectivity index is 1.85. The molecule has 2 aromatic heterocycles. The van der Waals surface area contributed by atoms with Gasteiger partial charge in [-0.15, -0.1) is 11.3 Å². The van der Waals surface area contributed by atoms with Crippen molar-refractivity contribution < 1.29 is 4.52 Å². The molecule has 0 aliphatic rings. The van der Waals surface area contributed by atoms with Crippen LogP contribution in [0.1, 0.15) is 21.8 Å². The summed E-state index contributed by atoms with van der Waals surface area (Å²) in [5.41, 5.74) is 9.17. The molecule has 2 N–H and O–H groups in total. The van der Waals surface area contributed by atoms with Crippen LogP contribution in [-0.2, 0) is 6.42 Å². The number of anilines is 1. The summed E-state index contributed by atoms with van der Waals surface area (Å²) in [6, 6.07) is 10.3. The molecule has 102 valence electrons. The second-order valence-corrected chi connectivity index (χ2v) is 6.10. The zero-order chi connectivity index (χ0) is 14.1. The lowest BCUT2D eigenvalue weighted by Crippen LogP contribution is -1.91. The van der Waals surface area contributed by atoms with E-state index in [0.29, 0.717) is 23.1 Å². The maximum Gasteiger partial charge on any atom is 0.260 e. The third-order valence-corrected chi connectivity index (χ3v) is 3.91. The Hall–Kier alpha value is -2.14. The molecule has 0 saturated heterocycles. The van der Waals surface area contributed by atoms with Gasteiger partial charge in [-0.25, -0.2) is 0 Å². The van der Waals surface area contributed by atoms with Crippen LogP contribution in [0.25, 0.3) is 11.5 Å². The highest BCUT2D eigenvalue weighted by atomic mass is 32.1. The lowest BCUT2D eigenvalue weighted by atomic mass is 10.1. The van der Waals surface area contributed by atoms with Crippen LogP contribution < -0.4 is 5.73 Å². The Morgan fingerprint density at radius 2 is 2.10 bits per heavy atom. The fraction of sp³-hybridized carbons (Fsp3) is 0.200. The smallest absolute Gasteiger partial charge is 0.260 e. The molecule has 20 heavy (non-hydrogen) atoms. The predicted molar refractivity (Wildman–Crippen MR) is 80.7 cm³/mol. The number of aromatic nitrogens is 2. The lowest BCUT2D eigenvalue weighted by molar-refractivity contribution is 0.424. The molecular formula is C15H15N3OS. The number of nitrogens with zero attached hydrogens (tertiary/aromatic N) is 2. The van der Waals surface area contributed by atoms with Crippen LogP contribution in [0.15, 0.2) is 34.9 Å². The van der Waals surface area contributed by atoms with E-state index in [1.807, 2.05) is 19.1 Å². The summed E-state index contributed by atoms with van der Waals surface area (Å²) in [6.07, 6.45) is 0.661. The number of rotatable bonds is 3. The molecule has 0 atom stereocenters. The first-order valence-electron chi connectivity index (χ1n) is 6.36. The molecule has 0 unspecified atom stereocenters. The van der Waals surface area contributed by atoms with Crippen molar-refractivity contribution in [3.05, 3.63) is 52.2 Å². The molecule has 3 rings (SSSR count). The molecule has 1 aromatic carbocycles. The fourth-order valence-corrected chi connectivity index (χ4v) is 2.92. The Morgan fingerprint density at radius 3 is 2.80 bits per heavy atom. The first kappa shape index (κ1) is 12.9. The van der Waals surface area contributed by atoms with Gasteiger partial charge in [-0.1, -0.05) is 35.0 Å². The van der Waals surface area contributed by atoms with Gasteiger partial charge in [0, 0.05) is 11.3 Å². The van der Waals surface area contributed by atoms with Crippen LogP contribution in [0.2, 0.25) is 0 Å². The van der Waals surface area contributed by atoms with Crippen molar-refractivity contribution in [3.8, 4) is 11.5 Å². The van der Waals surface area contributed by atoms with Gasteiger partial charge in [-0.3, -0.25) is 0 Å². The molecule has 0 aliphatic carbocycles. The number of benzene rings is 1. The van der Waals surface area contributed by atoms with E-state index in [0.717, 1.165) is 10.4 Å². The second-order valence-electron chi connectivity index (χ2n) is 4.82. The SMILES string of the molecule is Cc1cccc(Cc2noc(-c3cc(C)sc3N)n2)c1. The largest absolute Gasteiger partial charge is 0.390 e. The van der Waals surface area contributed by atoms with E-state index in [9.17, 15) is 0 Å². The molecule has 0 amide bonds. The molecule has 0 spiro atoms. The zero-order valence-electron chi connectivity index (χ0n) is 11.4. The molecule has 0 bridgehead atoms. The van der Waals surface area contributed by atoms with Gasteiger partial charge < -0.3 is 10.3 Å². The van der Waals surface area contributed by atoms with Crippen molar-refractivity contribution in [1.29, 1.82) is 0 Å². The Morgan fingerprint density at radius 1 is 1.25 bits per heavy atom. The summed E-state index contributed by atoms with van der Waals surface area (Å²) >= 11 is 1.53. The minimum Gasteiger partial charge on any atom is -0.390 e. The topological polar surface area (TPSA) is 64.9 Å². The lowest BCUT2D eigenvalue weighted by Gasteiger charge is -1.97. The number of hydrogen-bond acceptors (Lipinski definition) is 5. The summed E-state index contributed by atoms with van der Waals surface area (Å²) in [7, 11) is 0. The number of thiophene rings is 1. The van der Waals surface area contributed by atoms with E-state index >= 15 is 0 Å². The summed E-state index contributed by atoms with van der Waals surface area (Å²) < 4.78 is 5.31. The van der Waals surface area contributed by atoms with Crippen molar-refractivity contribution >= 4 is 16.3 Å². The minimum absolute atomic E-state index is 0.495. The van der Waals surface area contributed by atoms with Gasteiger partial charge in [0.25, 0.3) is 5.89 Å². The molecule has 0 radical (unpaired) electrons. The van der Waals surface area contributed by atoms with E-state index in [-0.39, 0.29) is 0 Å². The van der Waals surface area contributed by atoms with E-state index in [1.165, 1.54) is 22.5 Å². The van der Waals surface area contributed by atoms with Crippen LogP contribution >= 0.6 is 11.3 Å². The Labute approximate surface area is 121 Å². The van der Waals surface area contributed by atoms with E-state index in [4.69, 9.17) is 10.3 Å². The standard InChI is InChI=1S/C15H15N3OS/c1-9-4-3-5-11(6-9)8-13-17-15(19-18-13)12-7-10(2)20-14(12)16/h3-7H,8,16H2,1-2H3. The summed E-state index contributed by atoms with van der Waals surface area (Å²) in [5.74, 6) is 1.17. The van der Waals surface area contributed by atoms with E-state index < -0.39 is 0 Å². The average molecular weight is 285 g/mol. The number of nitrogen functional groups attached to an aromatic ring is 1. The summed E-state index contributed by atoms with van der Waals surface area (Å²) in [6.45, 7) is 4.08. The van der Waals surface area contributed by atoms with Crippen LogP contribution in [0.4, 0.5) is 5.00 Å². The summed E-state index contributed by atoms with van der Waals surface area (Å²) in [4.78, 5) is 5.56. The molecule has 0 saturated carbocycles. The number of hydrogen-bond donors (Lipinski definition) is 1. The van der Waals surface area contributed by atoms with Gasteiger partial charge in [0.05, 0.1) is 10.6 Å². The monoisotopic (exact) mass is 285 g/mol. The van der Waals surface area contributed by atoms with Crippen molar-refractivity contribution in [2.75, 3.05) is 5.73 Å². The molecule has 0 aliphatic heterocycles. The molecule has 0 fully saturated rings. The predicted octanol–water partition coefficient (Wildman–Crippen LogP) is 3.59. The molecular weight excluding hydrogens is 270 g/mol. The molecule has 4 nitrogen and oxygen atoms in total. The molecule has 2 heterocycles. The van der Waals surface area contributed by atoms with Gasteiger partial charge in [-0.2, -0.15) is 4.98 Å². The maximum atomic E-state index is 5.95. The maximum absolute atomic E-state index is 5.95. The third-order valence-electron chi connectivity index (χ3n) is 3.03. The second kappa shape index (κ2) is 5.09. The van der Waals surface area contributed by atoms with Gasteiger partial charge >= 0.3 is 0 Å². The molecule has 5 heteroatoms. The van der Waals surface area contributed by atoms with Crippen LogP contribution in [0, 0.1) is 13.8 Å². The van der Waals surface area contributed by atoms with Crippen molar-refractivity contribution in [2.24, 2.45) is 0 Å². The minimum atomic E-state index is 0.495. The normalized spacial score (nSPS) is 10.9. The Kier molecular flexibility index (Phi) is 3.28. The first-order chi connectivity index (χ1) is 9.61. The van der Waals surface area contributed by atoms with Crippen LogP contribution in [-0.4, -0.2) is 10.1 Å². The van der Waals surface area contributed by atoms with Gasteiger partial charge in [0.2, 0.25) is 0 Å². The highest BCUT2D eigenvalue weighted by molar-refractivity contribution is 7.16. The highest BCUT2D eigenvalue weighted by Gasteiger charge is 2.14. The van der Waals surface area contributed by atoms with E-state index in [2.05, 4.69) is 35.3 Å². The van der Waals surface area contributed by atoms with Crippen molar-refractivity contribution in [1.82, 2.24) is 10.1 Å². The average Bonchev–Trinajstić information content (AvgIpc) is 2.96. The number of aryl methyl sites for hydroxylation is 2. The van der Waals surface area contributed by atoms with Crippen molar-refractivity contribution in [3.63, 3.8) is 0 Å². The molecule has 3 aromatic rings. The summed E-state index contributed by atoms with van der Waals surface area (Å²) in [5, 5.41) is 4.75. The van der Waals surface area contributed by atoms with Crippen molar-refractivity contribution in [2.45, 2.75) is 20.3 Å². The van der Waals surface area contributed by atoms with Gasteiger partial charge in [0.15, 0.2) is 5.82 Å². The first-order valence-corrected chi connectivity index (χ1v) is 7.18. The van der Waals surface area contributed by atoms with Gasteiger partial charge in [0.1, 0.15) is 0 Å². The zero-order valence-corrected chi connectivity index (χ0v) is 12.2. The fourth-order valence-electron chi connectivity index (χ4n) is 2.14. The third kappa shape index (κ3) is 2.58. The highest BCUT2D eigenvalue weighted by Crippen LogP contribution is 2.32. The quantitative estimate of drug-likeness (QED) is 0.798. The Bertz CT molecular complexity index is 745. The van der Waals surface area contributed by atoms with Crippen LogP contribution in [0.5, 0.6) is 0 Å². The van der Waals surface area contributed by atoms with E-state index in [1.54, 1.807) is 0 Å². The number of nitrogens with two attached hydrogens (primary N) is 1.